The van der Waals surface area contributed by atoms with Crippen molar-refractivity contribution >= 4 is 11.9 Å². The van der Waals surface area contributed by atoms with E-state index in [2.05, 4.69) is 10.1 Å². The summed E-state index contributed by atoms with van der Waals surface area (Å²) in [5.41, 5.74) is -0.149. The summed E-state index contributed by atoms with van der Waals surface area (Å²) in [4.78, 5) is 23.6. The van der Waals surface area contributed by atoms with Crippen LogP contribution in [0.25, 0.3) is 0 Å². The second-order valence-corrected chi connectivity index (χ2v) is 4.71. The van der Waals surface area contributed by atoms with Gasteiger partial charge in [-0.05, 0) is 31.9 Å². The van der Waals surface area contributed by atoms with Gasteiger partial charge in [0.1, 0.15) is 11.3 Å². The summed E-state index contributed by atoms with van der Waals surface area (Å²) in [6.07, 6.45) is 0.826. The van der Waals surface area contributed by atoms with E-state index in [1.807, 2.05) is 0 Å². The standard InChI is InChI=1S/C14H15F2NO4/c1-8(12(18)17-9-6-7-9)20-13(19)10-4-2-3-5-11(10)21-14(15)16/h2-5,8-9,14H,6-7H2,1H3,(H,17,18)/t8-/m1/s1. The van der Waals surface area contributed by atoms with E-state index < -0.39 is 24.6 Å². The highest BCUT2D eigenvalue weighted by molar-refractivity contribution is 5.94. The largest absolute Gasteiger partial charge is 0.449 e. The highest BCUT2D eigenvalue weighted by Crippen LogP contribution is 2.22. The number of nitrogens with one attached hydrogen (secondary N) is 1. The first-order valence-corrected chi connectivity index (χ1v) is 6.52. The molecule has 1 aromatic carbocycles. The molecular formula is C14H15F2NO4. The van der Waals surface area contributed by atoms with Gasteiger partial charge in [0.05, 0.1) is 0 Å². The summed E-state index contributed by atoms with van der Waals surface area (Å²) < 4.78 is 33.8. The summed E-state index contributed by atoms with van der Waals surface area (Å²) in [5.74, 6) is -1.57. The van der Waals surface area contributed by atoms with Crippen molar-refractivity contribution in [2.75, 3.05) is 0 Å². The first kappa shape index (κ1) is 15.2. The van der Waals surface area contributed by atoms with Gasteiger partial charge >= 0.3 is 12.6 Å². The van der Waals surface area contributed by atoms with Gasteiger partial charge in [-0.2, -0.15) is 8.78 Å². The van der Waals surface area contributed by atoms with Crippen molar-refractivity contribution in [3.8, 4) is 5.75 Å². The molecule has 114 valence electrons. The molecule has 21 heavy (non-hydrogen) atoms. The molecule has 0 aromatic heterocycles. The molecule has 1 aliphatic carbocycles. The molecule has 1 amide bonds. The number of amides is 1. The molecule has 1 atom stereocenters. The van der Waals surface area contributed by atoms with Gasteiger partial charge in [-0.25, -0.2) is 4.79 Å². The van der Waals surface area contributed by atoms with E-state index >= 15 is 0 Å². The smallest absolute Gasteiger partial charge is 0.387 e. The molecule has 1 N–H and O–H groups in total. The number of esters is 1. The first-order valence-electron chi connectivity index (χ1n) is 6.52. The van der Waals surface area contributed by atoms with Gasteiger partial charge in [-0.3, -0.25) is 4.79 Å². The topological polar surface area (TPSA) is 64.6 Å². The highest BCUT2D eigenvalue weighted by Gasteiger charge is 2.28. The van der Waals surface area contributed by atoms with Crippen LogP contribution in [0.4, 0.5) is 8.78 Å². The minimum atomic E-state index is -3.05. The Labute approximate surface area is 120 Å². The Morgan fingerprint density at radius 3 is 2.57 bits per heavy atom. The van der Waals surface area contributed by atoms with Crippen LogP contribution in [0.1, 0.15) is 30.1 Å². The maximum Gasteiger partial charge on any atom is 0.387 e. The third kappa shape index (κ3) is 4.40. The number of carbonyl (C=O) groups excluding carboxylic acids is 2. The van der Waals surface area contributed by atoms with Crippen LogP contribution in [0.3, 0.4) is 0 Å². The predicted octanol–water partition coefficient (Wildman–Crippen LogP) is 2.11. The van der Waals surface area contributed by atoms with Crippen molar-refractivity contribution in [2.45, 2.75) is 38.5 Å². The maximum absolute atomic E-state index is 12.3. The van der Waals surface area contributed by atoms with Gasteiger partial charge in [0, 0.05) is 6.04 Å². The van der Waals surface area contributed by atoms with Crippen LogP contribution in [-0.4, -0.2) is 30.6 Å². The number of hydrogen-bond acceptors (Lipinski definition) is 4. The quantitative estimate of drug-likeness (QED) is 0.817. The van der Waals surface area contributed by atoms with Crippen LogP contribution in [-0.2, 0) is 9.53 Å². The van der Waals surface area contributed by atoms with E-state index in [1.165, 1.54) is 31.2 Å². The Balaban J connectivity index is 2.00. The minimum absolute atomic E-state index is 0.146. The van der Waals surface area contributed by atoms with Crippen LogP contribution in [0.15, 0.2) is 24.3 Å². The summed E-state index contributed by atoms with van der Waals surface area (Å²) in [7, 11) is 0. The number of rotatable bonds is 6. The molecule has 0 spiro atoms. The molecule has 0 unspecified atom stereocenters. The zero-order valence-electron chi connectivity index (χ0n) is 11.3. The van der Waals surface area contributed by atoms with Gasteiger partial charge < -0.3 is 14.8 Å². The lowest BCUT2D eigenvalue weighted by atomic mass is 10.2. The minimum Gasteiger partial charge on any atom is -0.449 e. The van der Waals surface area contributed by atoms with Crippen molar-refractivity contribution < 1.29 is 27.8 Å². The molecule has 1 aliphatic rings. The average Bonchev–Trinajstić information content (AvgIpc) is 3.22. The Morgan fingerprint density at radius 2 is 1.95 bits per heavy atom. The Morgan fingerprint density at radius 1 is 1.29 bits per heavy atom. The van der Waals surface area contributed by atoms with Crippen molar-refractivity contribution in [1.82, 2.24) is 5.32 Å². The fourth-order valence-corrected chi connectivity index (χ4v) is 1.66. The molecular weight excluding hydrogens is 284 g/mol. The lowest BCUT2D eigenvalue weighted by Crippen LogP contribution is -2.37. The van der Waals surface area contributed by atoms with Crippen LogP contribution in [0.5, 0.6) is 5.75 Å². The predicted molar refractivity (Wildman–Crippen MR) is 69.1 cm³/mol. The molecule has 1 saturated carbocycles. The zero-order chi connectivity index (χ0) is 15.4. The second kappa shape index (κ2) is 6.51. The normalized spacial score (nSPS) is 15.4. The first-order chi connectivity index (χ1) is 9.97. The molecule has 7 heteroatoms. The summed E-state index contributed by atoms with van der Waals surface area (Å²) in [6.45, 7) is -1.62. The third-order valence-corrected chi connectivity index (χ3v) is 2.90. The Hall–Kier alpha value is -2.18. The number of para-hydroxylation sites is 1. The highest BCUT2D eigenvalue weighted by atomic mass is 19.3. The Kier molecular flexibility index (Phi) is 4.72. The van der Waals surface area contributed by atoms with Crippen LogP contribution < -0.4 is 10.1 Å². The van der Waals surface area contributed by atoms with Gasteiger partial charge in [-0.15, -0.1) is 0 Å². The average molecular weight is 299 g/mol. The summed E-state index contributed by atoms with van der Waals surface area (Å²) in [6, 6.07) is 5.62. The van der Waals surface area contributed by atoms with Gasteiger partial charge in [0.2, 0.25) is 0 Å². The van der Waals surface area contributed by atoms with E-state index in [-0.39, 0.29) is 17.4 Å². The zero-order valence-corrected chi connectivity index (χ0v) is 11.3. The number of hydrogen-bond donors (Lipinski definition) is 1. The molecule has 5 nitrogen and oxygen atoms in total. The van der Waals surface area contributed by atoms with Gasteiger partial charge in [0.15, 0.2) is 6.10 Å². The lowest BCUT2D eigenvalue weighted by molar-refractivity contribution is -0.129. The molecule has 0 aliphatic heterocycles. The van der Waals surface area contributed by atoms with Gasteiger partial charge in [0.25, 0.3) is 5.91 Å². The fraction of sp³-hybridized carbons (Fsp3) is 0.429. The molecule has 1 aromatic rings. The number of alkyl halides is 2. The van der Waals surface area contributed by atoms with E-state index in [4.69, 9.17) is 4.74 Å². The molecule has 0 heterocycles. The molecule has 0 bridgehead atoms. The fourth-order valence-electron chi connectivity index (χ4n) is 1.66. The van der Waals surface area contributed by atoms with Crippen LogP contribution in [0, 0.1) is 0 Å². The van der Waals surface area contributed by atoms with E-state index in [0.29, 0.717) is 0 Å². The lowest BCUT2D eigenvalue weighted by Gasteiger charge is -2.15. The molecule has 0 radical (unpaired) electrons. The maximum atomic E-state index is 12.3. The molecule has 1 fully saturated rings. The van der Waals surface area contributed by atoms with Crippen molar-refractivity contribution in [1.29, 1.82) is 0 Å². The van der Waals surface area contributed by atoms with E-state index in [0.717, 1.165) is 12.8 Å². The molecule has 0 saturated heterocycles. The van der Waals surface area contributed by atoms with Crippen molar-refractivity contribution in [3.63, 3.8) is 0 Å². The van der Waals surface area contributed by atoms with Gasteiger partial charge in [-0.1, -0.05) is 12.1 Å². The number of ether oxygens (including phenoxy) is 2. The van der Waals surface area contributed by atoms with Crippen molar-refractivity contribution in [3.05, 3.63) is 29.8 Å². The summed E-state index contributed by atoms with van der Waals surface area (Å²) >= 11 is 0. The SMILES string of the molecule is C[C@@H](OC(=O)c1ccccc1OC(F)F)C(=O)NC1CC1. The Bertz CT molecular complexity index is 531. The molecule has 2 rings (SSSR count). The monoisotopic (exact) mass is 299 g/mol. The van der Waals surface area contributed by atoms with Crippen LogP contribution >= 0.6 is 0 Å². The number of benzene rings is 1. The summed E-state index contributed by atoms with van der Waals surface area (Å²) in [5, 5.41) is 2.69. The number of carbonyl (C=O) groups is 2. The van der Waals surface area contributed by atoms with E-state index in [9.17, 15) is 18.4 Å². The number of halogens is 2. The van der Waals surface area contributed by atoms with Crippen molar-refractivity contribution in [2.24, 2.45) is 0 Å². The second-order valence-electron chi connectivity index (χ2n) is 4.71. The third-order valence-electron chi connectivity index (χ3n) is 2.90. The van der Waals surface area contributed by atoms with Crippen LogP contribution in [0.2, 0.25) is 0 Å². The van der Waals surface area contributed by atoms with E-state index in [1.54, 1.807) is 0 Å².